The van der Waals surface area contributed by atoms with E-state index in [-0.39, 0.29) is 17.4 Å². The van der Waals surface area contributed by atoms with Gasteiger partial charge in [-0.1, -0.05) is 49.8 Å². The fourth-order valence-electron chi connectivity index (χ4n) is 4.93. The number of rotatable bonds is 11. The van der Waals surface area contributed by atoms with Crippen molar-refractivity contribution in [1.29, 1.82) is 0 Å². The summed E-state index contributed by atoms with van der Waals surface area (Å²) in [6, 6.07) is 15.0. The number of hydrogen-bond acceptors (Lipinski definition) is 5. The van der Waals surface area contributed by atoms with E-state index in [4.69, 9.17) is 28.8 Å². The number of piperazine rings is 1. The first-order valence-corrected chi connectivity index (χ1v) is 14.2. The largest absolute Gasteiger partial charge is 0.353 e. The van der Waals surface area contributed by atoms with Gasteiger partial charge in [-0.05, 0) is 84.9 Å². The summed E-state index contributed by atoms with van der Waals surface area (Å²) >= 11 is 11.5. The highest BCUT2D eigenvalue weighted by Gasteiger charge is 2.22. The molecule has 3 aromatic rings. The summed E-state index contributed by atoms with van der Waals surface area (Å²) in [5.41, 5.74) is 2.92. The number of pyridine rings is 1. The van der Waals surface area contributed by atoms with Crippen LogP contribution in [0.3, 0.4) is 0 Å². The molecule has 202 valence electrons. The molecule has 2 heterocycles. The van der Waals surface area contributed by atoms with Crippen LogP contribution in [0.25, 0.3) is 10.9 Å². The van der Waals surface area contributed by atoms with Gasteiger partial charge in [0.25, 0.3) is 0 Å². The molecule has 38 heavy (non-hydrogen) atoms. The monoisotopic (exact) mass is 554 g/mol. The topological polar surface area (TPSA) is 39.7 Å². The molecular weight excluding hydrogens is 519 g/mol. The van der Waals surface area contributed by atoms with Crippen molar-refractivity contribution >= 4 is 51.3 Å². The fraction of sp³-hybridized carbons (Fsp3) is 0.433. The Bertz CT molecular complexity index is 1270. The maximum atomic E-state index is 13.4. The van der Waals surface area contributed by atoms with Crippen LogP contribution >= 0.6 is 23.8 Å². The Morgan fingerprint density at radius 3 is 2.42 bits per heavy atom. The van der Waals surface area contributed by atoms with Gasteiger partial charge in [-0.3, -0.25) is 4.79 Å². The lowest BCUT2D eigenvalue weighted by atomic mass is 10.0. The first-order valence-electron chi connectivity index (χ1n) is 13.5. The van der Waals surface area contributed by atoms with Crippen LogP contribution in [0.5, 0.6) is 0 Å². The Morgan fingerprint density at radius 2 is 1.71 bits per heavy atom. The van der Waals surface area contributed by atoms with Crippen LogP contribution in [-0.2, 0) is 17.6 Å². The zero-order chi connectivity index (χ0) is 27.1. The third kappa shape index (κ3) is 7.49. The molecule has 0 N–H and O–H groups in total. The van der Waals surface area contributed by atoms with Crippen LogP contribution in [0.4, 0.5) is 10.2 Å². The number of anilines is 1. The predicted octanol–water partition coefficient (Wildman–Crippen LogP) is 5.95. The maximum absolute atomic E-state index is 13.4. The molecule has 0 radical (unpaired) electrons. The summed E-state index contributed by atoms with van der Waals surface area (Å²) in [6.07, 6.45) is 3.13. The highest BCUT2D eigenvalue weighted by atomic mass is 35.5. The van der Waals surface area contributed by atoms with Crippen molar-refractivity contribution in [3.63, 3.8) is 0 Å². The Morgan fingerprint density at radius 1 is 1.00 bits per heavy atom. The van der Waals surface area contributed by atoms with Crippen molar-refractivity contribution in [3.8, 4) is 0 Å². The number of carbonyl (C=O) groups is 1. The van der Waals surface area contributed by atoms with Gasteiger partial charge in [-0.15, -0.1) is 0 Å². The van der Waals surface area contributed by atoms with E-state index in [2.05, 4.69) is 54.0 Å². The zero-order valence-corrected chi connectivity index (χ0v) is 23.8. The minimum absolute atomic E-state index is 0.0253. The zero-order valence-electron chi connectivity index (χ0n) is 22.3. The number of hydrogen-bond donors (Lipinski definition) is 0. The molecule has 1 aliphatic rings. The summed E-state index contributed by atoms with van der Waals surface area (Å²) in [4.78, 5) is 25.3. The number of fused-ring (bicyclic) bond motifs is 1. The van der Waals surface area contributed by atoms with Crippen LogP contribution in [-0.4, -0.2) is 71.4 Å². The highest BCUT2D eigenvalue weighted by Crippen LogP contribution is 2.22. The van der Waals surface area contributed by atoms with Gasteiger partial charge in [0.05, 0.1) is 17.0 Å². The Balaban J connectivity index is 1.29. The molecule has 0 spiro atoms. The van der Waals surface area contributed by atoms with Crippen molar-refractivity contribution in [2.24, 2.45) is 0 Å². The number of carbonyl (C=O) groups excluding carboxylic acids is 1. The molecule has 1 saturated heterocycles. The second-order valence-corrected chi connectivity index (χ2v) is 10.8. The van der Waals surface area contributed by atoms with Crippen LogP contribution in [0.15, 0.2) is 48.5 Å². The second kappa shape index (κ2) is 13.5. The lowest BCUT2D eigenvalue weighted by molar-refractivity contribution is -0.130. The van der Waals surface area contributed by atoms with Crippen LogP contribution < -0.4 is 4.90 Å². The van der Waals surface area contributed by atoms with Gasteiger partial charge in [0, 0.05) is 38.0 Å². The number of benzene rings is 2. The summed E-state index contributed by atoms with van der Waals surface area (Å²) in [6.45, 7) is 10.4. The van der Waals surface area contributed by atoms with E-state index in [1.54, 1.807) is 6.07 Å². The standard InChI is InChI=1S/C30H36ClFN4OS/c1-3-34(4-2)13-5-6-25(38)19-22-8-11-28-24(18-22)9-12-29(33-28)35-14-16-36(17-15-35)30(37)21-23-7-10-27(32)26(31)20-23/h7-12,18,20H,3-6,13-17,19,21H2,1-2H3. The Kier molecular flexibility index (Phi) is 10.1. The first kappa shape index (κ1) is 28.4. The van der Waals surface area contributed by atoms with E-state index in [1.165, 1.54) is 17.7 Å². The molecule has 8 heteroatoms. The van der Waals surface area contributed by atoms with E-state index < -0.39 is 5.82 Å². The maximum Gasteiger partial charge on any atom is 0.227 e. The fourth-order valence-corrected chi connectivity index (χ4v) is 5.44. The second-order valence-electron chi connectivity index (χ2n) is 9.84. The SMILES string of the molecule is CCN(CC)CCCC(=S)Cc1ccc2nc(N3CCN(C(=O)Cc4ccc(F)c(Cl)c4)CC3)ccc2c1. The van der Waals surface area contributed by atoms with Crippen LogP contribution in [0.1, 0.15) is 37.8 Å². The first-order chi connectivity index (χ1) is 18.4. The number of aromatic nitrogens is 1. The van der Waals surface area contributed by atoms with Crippen molar-refractivity contribution in [2.45, 2.75) is 39.5 Å². The molecule has 0 aliphatic carbocycles. The number of nitrogens with zero attached hydrogens (tertiary/aromatic N) is 4. The van der Waals surface area contributed by atoms with Crippen LogP contribution in [0.2, 0.25) is 5.02 Å². The molecule has 0 saturated carbocycles. The molecule has 1 aliphatic heterocycles. The van der Waals surface area contributed by atoms with Gasteiger partial charge < -0.3 is 14.7 Å². The Labute approximate surface area is 235 Å². The molecule has 2 aromatic carbocycles. The predicted molar refractivity (Wildman–Crippen MR) is 159 cm³/mol. The molecule has 0 unspecified atom stereocenters. The van der Waals surface area contributed by atoms with Gasteiger partial charge in [0.1, 0.15) is 11.6 Å². The Hall–Kier alpha value is -2.61. The molecule has 0 bridgehead atoms. The highest BCUT2D eigenvalue weighted by molar-refractivity contribution is 7.80. The van der Waals surface area contributed by atoms with E-state index in [0.29, 0.717) is 26.2 Å². The van der Waals surface area contributed by atoms with E-state index >= 15 is 0 Å². The summed E-state index contributed by atoms with van der Waals surface area (Å²) < 4.78 is 13.4. The molecule has 1 fully saturated rings. The minimum Gasteiger partial charge on any atom is -0.353 e. The van der Waals surface area contributed by atoms with E-state index in [0.717, 1.165) is 66.0 Å². The van der Waals surface area contributed by atoms with Crippen molar-refractivity contribution in [2.75, 3.05) is 50.7 Å². The smallest absolute Gasteiger partial charge is 0.227 e. The average molecular weight is 555 g/mol. The minimum atomic E-state index is -0.472. The summed E-state index contributed by atoms with van der Waals surface area (Å²) in [7, 11) is 0. The number of halogens is 2. The third-order valence-electron chi connectivity index (χ3n) is 7.26. The molecule has 5 nitrogen and oxygen atoms in total. The molecular formula is C30H36ClFN4OS. The van der Waals surface area contributed by atoms with Gasteiger partial charge in [-0.25, -0.2) is 9.37 Å². The molecule has 1 amide bonds. The third-order valence-corrected chi connectivity index (χ3v) is 7.90. The van der Waals surface area contributed by atoms with Crippen LogP contribution in [0, 0.1) is 5.82 Å². The van der Waals surface area contributed by atoms with Crippen molar-refractivity contribution < 1.29 is 9.18 Å². The summed E-state index contributed by atoms with van der Waals surface area (Å²) in [5.74, 6) is 0.479. The quantitative estimate of drug-likeness (QED) is 0.274. The van der Waals surface area contributed by atoms with Crippen molar-refractivity contribution in [3.05, 3.63) is 70.5 Å². The number of thiocarbonyl (C=S) groups is 1. The number of amides is 1. The van der Waals surface area contributed by atoms with Gasteiger partial charge in [0.2, 0.25) is 5.91 Å². The molecule has 4 rings (SSSR count). The average Bonchev–Trinajstić information content (AvgIpc) is 2.93. The lowest BCUT2D eigenvalue weighted by Crippen LogP contribution is -2.49. The van der Waals surface area contributed by atoms with Gasteiger partial charge in [-0.2, -0.15) is 0 Å². The van der Waals surface area contributed by atoms with Gasteiger partial charge in [0.15, 0.2) is 0 Å². The lowest BCUT2D eigenvalue weighted by Gasteiger charge is -2.35. The molecule has 1 aromatic heterocycles. The molecule has 0 atom stereocenters. The summed E-state index contributed by atoms with van der Waals surface area (Å²) in [5, 5.41) is 1.16. The van der Waals surface area contributed by atoms with Crippen molar-refractivity contribution in [1.82, 2.24) is 14.8 Å². The van der Waals surface area contributed by atoms with E-state index in [9.17, 15) is 9.18 Å². The normalized spacial score (nSPS) is 13.9. The van der Waals surface area contributed by atoms with E-state index in [1.807, 2.05) is 4.90 Å². The van der Waals surface area contributed by atoms with Gasteiger partial charge >= 0.3 is 0 Å².